The predicted molar refractivity (Wildman–Crippen MR) is 67.7 cm³/mol. The molecule has 0 aliphatic carbocycles. The molecule has 96 valence electrons. The molecule has 18 heavy (non-hydrogen) atoms. The van der Waals surface area contributed by atoms with E-state index in [-0.39, 0.29) is 10.9 Å². The van der Waals surface area contributed by atoms with Crippen LogP contribution in [-0.2, 0) is 19.4 Å². The van der Waals surface area contributed by atoms with Crippen molar-refractivity contribution in [3.8, 4) is 0 Å². The lowest BCUT2D eigenvalue weighted by Crippen LogP contribution is -2.17. The van der Waals surface area contributed by atoms with Crippen molar-refractivity contribution in [2.24, 2.45) is 0 Å². The number of hydrogen-bond donors (Lipinski definition) is 0. The summed E-state index contributed by atoms with van der Waals surface area (Å²) < 4.78 is 27.8. The van der Waals surface area contributed by atoms with Crippen molar-refractivity contribution in [1.29, 1.82) is 0 Å². The first kappa shape index (κ1) is 12.8. The van der Waals surface area contributed by atoms with Gasteiger partial charge in [-0.05, 0) is 37.6 Å². The van der Waals surface area contributed by atoms with Gasteiger partial charge in [-0.1, -0.05) is 12.1 Å². The summed E-state index contributed by atoms with van der Waals surface area (Å²) >= 11 is 0. The lowest BCUT2D eigenvalue weighted by molar-refractivity contribution is -0.142. The van der Waals surface area contributed by atoms with Gasteiger partial charge in [-0.15, -0.1) is 0 Å². The Bertz CT molecular complexity index is 621. The molecule has 0 N–H and O–H groups in total. The van der Waals surface area contributed by atoms with E-state index in [1.165, 1.54) is 12.1 Å². The topological polar surface area (TPSA) is 60.4 Å². The van der Waals surface area contributed by atoms with E-state index in [1.54, 1.807) is 32.1 Å². The molecule has 5 heteroatoms. The second-order valence-electron chi connectivity index (χ2n) is 4.85. The summed E-state index contributed by atoms with van der Waals surface area (Å²) in [7, 11) is -3.22. The molecule has 0 unspecified atom stereocenters. The second kappa shape index (κ2) is 3.95. The lowest BCUT2D eigenvalue weighted by Gasteiger charge is -2.12. The van der Waals surface area contributed by atoms with Crippen LogP contribution >= 0.6 is 0 Å². The number of sulfone groups is 1. The zero-order chi connectivity index (χ0) is 13.6. The van der Waals surface area contributed by atoms with Crippen molar-refractivity contribution in [3.63, 3.8) is 0 Å². The highest BCUT2D eigenvalue weighted by atomic mass is 32.2. The number of ether oxygens (including phenoxy) is 1. The summed E-state index contributed by atoms with van der Waals surface area (Å²) in [6.45, 7) is 3.59. The Balaban J connectivity index is 2.40. The van der Waals surface area contributed by atoms with E-state index in [9.17, 15) is 13.2 Å². The van der Waals surface area contributed by atoms with Crippen molar-refractivity contribution < 1.29 is 17.9 Å². The molecule has 1 heterocycles. The van der Waals surface area contributed by atoms with Crippen LogP contribution in [0.2, 0.25) is 0 Å². The van der Waals surface area contributed by atoms with Gasteiger partial charge in [0.05, 0.1) is 10.5 Å². The zero-order valence-corrected chi connectivity index (χ0v) is 11.2. The van der Waals surface area contributed by atoms with E-state index in [2.05, 4.69) is 0 Å². The maximum absolute atomic E-state index is 11.7. The minimum absolute atomic E-state index is 0.234. The third-order valence-corrected chi connectivity index (χ3v) is 3.79. The van der Waals surface area contributed by atoms with E-state index in [0.29, 0.717) is 11.1 Å². The van der Waals surface area contributed by atoms with E-state index >= 15 is 0 Å². The number of benzene rings is 1. The molecule has 0 spiro atoms. The Labute approximate surface area is 106 Å². The molecule has 1 aliphatic heterocycles. The maximum Gasteiger partial charge on any atom is 0.339 e. The normalized spacial score (nSPS) is 18.4. The van der Waals surface area contributed by atoms with E-state index in [1.807, 2.05) is 0 Å². The molecule has 0 atom stereocenters. The Morgan fingerprint density at radius 2 is 1.67 bits per heavy atom. The minimum atomic E-state index is -3.22. The van der Waals surface area contributed by atoms with Crippen LogP contribution in [0.25, 0.3) is 5.57 Å². The van der Waals surface area contributed by atoms with Crippen molar-refractivity contribution in [1.82, 2.24) is 0 Å². The van der Waals surface area contributed by atoms with Gasteiger partial charge < -0.3 is 4.74 Å². The van der Waals surface area contributed by atoms with E-state index in [4.69, 9.17) is 4.74 Å². The molecule has 1 aliphatic rings. The largest absolute Gasteiger partial charge is 0.452 e. The van der Waals surface area contributed by atoms with Crippen LogP contribution in [0.5, 0.6) is 0 Å². The van der Waals surface area contributed by atoms with Gasteiger partial charge in [0.1, 0.15) is 5.60 Å². The van der Waals surface area contributed by atoms with Crippen LogP contribution < -0.4 is 0 Å². The van der Waals surface area contributed by atoms with Crippen LogP contribution in [0.15, 0.2) is 35.2 Å². The highest BCUT2D eigenvalue weighted by Crippen LogP contribution is 2.30. The van der Waals surface area contributed by atoms with Gasteiger partial charge in [0.15, 0.2) is 9.84 Å². The highest BCUT2D eigenvalue weighted by molar-refractivity contribution is 7.90. The quantitative estimate of drug-likeness (QED) is 0.766. The summed E-state index contributed by atoms with van der Waals surface area (Å²) in [5, 5.41) is 0. The van der Waals surface area contributed by atoms with Gasteiger partial charge in [-0.3, -0.25) is 0 Å². The Hall–Kier alpha value is -1.62. The number of hydrogen-bond acceptors (Lipinski definition) is 4. The fourth-order valence-corrected chi connectivity index (χ4v) is 2.44. The van der Waals surface area contributed by atoms with Crippen LogP contribution in [-0.4, -0.2) is 26.2 Å². The summed E-state index contributed by atoms with van der Waals surface area (Å²) in [4.78, 5) is 11.9. The lowest BCUT2D eigenvalue weighted by atomic mass is 10.0. The Kier molecular flexibility index (Phi) is 2.81. The predicted octanol–water partition coefficient (Wildman–Crippen LogP) is 1.81. The number of rotatable bonds is 2. The first-order valence-electron chi connectivity index (χ1n) is 5.46. The number of cyclic esters (lactones) is 1. The van der Waals surface area contributed by atoms with Crippen molar-refractivity contribution in [2.45, 2.75) is 24.3 Å². The van der Waals surface area contributed by atoms with Crippen LogP contribution in [0.3, 0.4) is 0 Å². The fraction of sp³-hybridized carbons (Fsp3) is 0.308. The molecular weight excluding hydrogens is 252 g/mol. The van der Waals surface area contributed by atoms with Gasteiger partial charge in [0.25, 0.3) is 0 Å². The third kappa shape index (κ3) is 2.46. The van der Waals surface area contributed by atoms with Gasteiger partial charge in [-0.2, -0.15) is 0 Å². The number of esters is 1. The highest BCUT2D eigenvalue weighted by Gasteiger charge is 2.32. The average molecular weight is 266 g/mol. The Morgan fingerprint density at radius 1 is 1.11 bits per heavy atom. The number of carbonyl (C=O) groups excluding carboxylic acids is 1. The molecule has 2 rings (SSSR count). The molecular formula is C13H14O4S. The van der Waals surface area contributed by atoms with Crippen LogP contribution in [0.1, 0.15) is 19.4 Å². The fourth-order valence-electron chi connectivity index (χ4n) is 1.81. The standard InChI is InChI=1S/C13H14O4S/c1-13(2)8-11(12(14)17-13)9-4-6-10(7-5-9)18(3,15)16/h4-8H,1-3H3. The molecule has 0 aromatic heterocycles. The summed E-state index contributed by atoms with van der Waals surface area (Å²) in [5.41, 5.74) is 0.528. The molecule has 0 bridgehead atoms. The van der Waals surface area contributed by atoms with Crippen molar-refractivity contribution in [3.05, 3.63) is 35.9 Å². The van der Waals surface area contributed by atoms with E-state index in [0.717, 1.165) is 6.26 Å². The average Bonchev–Trinajstić information content (AvgIpc) is 2.51. The molecule has 0 radical (unpaired) electrons. The molecule has 0 fully saturated rings. The molecule has 0 amide bonds. The van der Waals surface area contributed by atoms with Gasteiger partial charge in [0, 0.05) is 6.26 Å². The van der Waals surface area contributed by atoms with Gasteiger partial charge in [0.2, 0.25) is 0 Å². The SMILES string of the molecule is CC1(C)C=C(c2ccc(S(C)(=O)=O)cc2)C(=O)O1. The van der Waals surface area contributed by atoms with Gasteiger partial charge >= 0.3 is 5.97 Å². The van der Waals surface area contributed by atoms with Crippen molar-refractivity contribution >= 4 is 21.4 Å². The second-order valence-corrected chi connectivity index (χ2v) is 6.86. The summed E-state index contributed by atoms with van der Waals surface area (Å²) in [6, 6.07) is 6.21. The molecule has 0 saturated heterocycles. The summed E-state index contributed by atoms with van der Waals surface area (Å²) in [5.74, 6) is -0.382. The molecule has 0 saturated carbocycles. The third-order valence-electron chi connectivity index (χ3n) is 2.66. The van der Waals surface area contributed by atoms with Gasteiger partial charge in [-0.25, -0.2) is 13.2 Å². The smallest absolute Gasteiger partial charge is 0.339 e. The van der Waals surface area contributed by atoms with Crippen LogP contribution in [0, 0.1) is 0 Å². The zero-order valence-electron chi connectivity index (χ0n) is 10.4. The Morgan fingerprint density at radius 3 is 2.06 bits per heavy atom. The van der Waals surface area contributed by atoms with Crippen molar-refractivity contribution in [2.75, 3.05) is 6.26 Å². The first-order valence-corrected chi connectivity index (χ1v) is 7.35. The molecule has 1 aromatic rings. The minimum Gasteiger partial charge on any atom is -0.452 e. The van der Waals surface area contributed by atoms with Crippen LogP contribution in [0.4, 0.5) is 0 Å². The molecule has 1 aromatic carbocycles. The summed E-state index contributed by atoms with van der Waals surface area (Å²) in [6.07, 6.45) is 2.89. The first-order chi connectivity index (χ1) is 8.19. The molecule has 4 nitrogen and oxygen atoms in total. The monoisotopic (exact) mass is 266 g/mol. The number of carbonyl (C=O) groups is 1. The maximum atomic E-state index is 11.7. The van der Waals surface area contributed by atoms with E-state index < -0.39 is 15.4 Å².